The highest BCUT2D eigenvalue weighted by molar-refractivity contribution is 6.03. The lowest BCUT2D eigenvalue weighted by Crippen LogP contribution is -2.50. The normalized spacial score (nSPS) is 15.7. The molecule has 0 spiro atoms. The molecule has 2 aromatic carbocycles. The monoisotopic (exact) mass is 781 g/mol. The molecule has 1 aliphatic rings. The predicted octanol–water partition coefficient (Wildman–Crippen LogP) is 6.21. The van der Waals surface area contributed by atoms with Crippen molar-refractivity contribution in [2.75, 3.05) is 10.6 Å². The van der Waals surface area contributed by atoms with Crippen molar-refractivity contribution in [3.63, 3.8) is 0 Å². The Morgan fingerprint density at radius 2 is 1.45 bits per heavy atom. The standard InChI is InChI=1S/C31H39N9O.2C2HF3O2/c1-19-14-15-22-21(16-19)27(34-23-12-8-9-13-24(23)35-29(32)33)37-30(36-22)38-28(41)25-17-26(31(2,3)4)39-40(25)18-20-10-6-5-7-11-20;2*3-2(4,5)1(6)7/h5-7,10-11,14-17,23-24H,8-9,12-13,18H2,1-4H3,(H4,32,33,35)(H2,34,36,37,38,41);2*(H,6,7). The van der Waals surface area contributed by atoms with Gasteiger partial charge < -0.3 is 26.6 Å². The van der Waals surface area contributed by atoms with E-state index in [0.29, 0.717) is 18.1 Å². The Bertz CT molecular complexity index is 1960. The van der Waals surface area contributed by atoms with Crippen LogP contribution in [0.4, 0.5) is 38.1 Å². The van der Waals surface area contributed by atoms with Crippen LogP contribution in [0.1, 0.15) is 73.8 Å². The van der Waals surface area contributed by atoms with Gasteiger partial charge in [-0.15, -0.1) is 0 Å². The molecule has 8 N–H and O–H groups in total. The van der Waals surface area contributed by atoms with Crippen LogP contribution >= 0.6 is 0 Å². The largest absolute Gasteiger partial charge is 0.490 e. The van der Waals surface area contributed by atoms with Crippen LogP contribution in [0.5, 0.6) is 0 Å². The van der Waals surface area contributed by atoms with E-state index in [1.54, 1.807) is 4.68 Å². The number of halogens is 6. The van der Waals surface area contributed by atoms with E-state index >= 15 is 0 Å². The number of nitrogens with zero attached hydrogens (tertiary/aromatic N) is 4. The number of anilines is 2. The molecule has 298 valence electrons. The van der Waals surface area contributed by atoms with Gasteiger partial charge in [-0.1, -0.05) is 75.6 Å². The number of carbonyl (C=O) groups is 3. The molecule has 2 atom stereocenters. The first-order valence-corrected chi connectivity index (χ1v) is 16.6. The van der Waals surface area contributed by atoms with E-state index in [2.05, 4.69) is 41.7 Å². The highest BCUT2D eigenvalue weighted by atomic mass is 19.4. The first-order valence-electron chi connectivity index (χ1n) is 16.6. The quantitative estimate of drug-likeness (QED) is 0.0635. The maximum Gasteiger partial charge on any atom is 0.490 e. The third-order valence-electron chi connectivity index (χ3n) is 7.95. The van der Waals surface area contributed by atoms with Gasteiger partial charge in [0, 0.05) is 22.9 Å². The number of fused-ring (bicyclic) bond motifs is 1. The van der Waals surface area contributed by atoms with Crippen LogP contribution < -0.4 is 21.7 Å². The first kappa shape index (κ1) is 43.5. The zero-order valence-electron chi connectivity index (χ0n) is 30.1. The molecular formula is C35H41F6N9O5. The summed E-state index contributed by atoms with van der Waals surface area (Å²) >= 11 is 0. The SMILES string of the molecule is Cc1ccc2nc(NC(=O)c3cc(C(C)(C)C)nn3Cc3ccccc3)nc(NC3CCCCC3NC(=N)N)c2c1.O=C(O)C(F)(F)F.O=C(O)C(F)(F)F. The van der Waals surface area contributed by atoms with Gasteiger partial charge in [-0.2, -0.15) is 36.4 Å². The van der Waals surface area contributed by atoms with Crippen LogP contribution in [0.3, 0.4) is 0 Å². The second kappa shape index (κ2) is 17.9. The van der Waals surface area contributed by atoms with E-state index in [4.69, 9.17) is 41.0 Å². The number of carboxylic acids is 2. The number of aryl methyl sites for hydroxylation is 1. The molecule has 0 bridgehead atoms. The molecule has 2 unspecified atom stereocenters. The number of carboxylic acid groups (broad SMARTS) is 2. The van der Waals surface area contributed by atoms with Crippen LogP contribution in [0.15, 0.2) is 54.6 Å². The summed E-state index contributed by atoms with van der Waals surface area (Å²) in [5.41, 5.74) is 9.59. The van der Waals surface area contributed by atoms with Crippen molar-refractivity contribution >= 4 is 46.5 Å². The van der Waals surface area contributed by atoms with Gasteiger partial charge in [0.05, 0.1) is 17.8 Å². The van der Waals surface area contributed by atoms with Crippen LogP contribution in [-0.2, 0) is 21.5 Å². The van der Waals surface area contributed by atoms with E-state index in [1.165, 1.54) is 0 Å². The van der Waals surface area contributed by atoms with Crippen LogP contribution in [0.2, 0.25) is 0 Å². The van der Waals surface area contributed by atoms with Gasteiger partial charge in [0.2, 0.25) is 5.95 Å². The Kier molecular flexibility index (Phi) is 14.2. The summed E-state index contributed by atoms with van der Waals surface area (Å²) in [7, 11) is 0. The second-order valence-electron chi connectivity index (χ2n) is 13.5. The Labute approximate surface area is 311 Å². The number of hydrogen-bond acceptors (Lipinski definition) is 8. The molecule has 1 fully saturated rings. The number of carbonyl (C=O) groups excluding carboxylic acids is 1. The molecule has 2 aromatic heterocycles. The summed E-state index contributed by atoms with van der Waals surface area (Å²) in [4.78, 5) is 41.0. The number of nitrogens with two attached hydrogens (primary N) is 1. The highest BCUT2D eigenvalue weighted by Gasteiger charge is 2.39. The van der Waals surface area contributed by atoms with Crippen LogP contribution in [0, 0.1) is 12.3 Å². The van der Waals surface area contributed by atoms with Gasteiger partial charge in [-0.3, -0.25) is 20.2 Å². The third kappa shape index (κ3) is 13.1. The maximum absolute atomic E-state index is 13.7. The van der Waals surface area contributed by atoms with Crippen molar-refractivity contribution in [2.45, 2.75) is 89.8 Å². The number of aromatic nitrogens is 4. The van der Waals surface area contributed by atoms with Crippen molar-refractivity contribution < 1.29 is 50.9 Å². The van der Waals surface area contributed by atoms with Crippen molar-refractivity contribution in [2.24, 2.45) is 5.73 Å². The second-order valence-corrected chi connectivity index (χ2v) is 13.5. The van der Waals surface area contributed by atoms with Gasteiger partial charge in [-0.05, 0) is 43.5 Å². The van der Waals surface area contributed by atoms with Crippen LogP contribution in [-0.4, -0.2) is 78.2 Å². The van der Waals surface area contributed by atoms with Gasteiger partial charge >= 0.3 is 24.3 Å². The van der Waals surface area contributed by atoms with Crippen LogP contribution in [0.25, 0.3) is 10.9 Å². The minimum atomic E-state index is -5.08. The molecule has 1 saturated carbocycles. The maximum atomic E-state index is 13.7. The molecule has 20 heteroatoms. The Morgan fingerprint density at radius 1 is 0.891 bits per heavy atom. The third-order valence-corrected chi connectivity index (χ3v) is 7.95. The fraction of sp³-hybridized carbons (Fsp3) is 0.400. The number of rotatable bonds is 7. The minimum absolute atomic E-state index is 0.0114. The summed E-state index contributed by atoms with van der Waals surface area (Å²) in [6.45, 7) is 8.73. The van der Waals surface area contributed by atoms with E-state index in [-0.39, 0.29) is 35.3 Å². The molecule has 55 heavy (non-hydrogen) atoms. The fourth-order valence-corrected chi connectivity index (χ4v) is 5.27. The van der Waals surface area contributed by atoms with E-state index in [1.807, 2.05) is 61.5 Å². The average Bonchev–Trinajstić information content (AvgIpc) is 3.51. The number of hydrogen-bond donors (Lipinski definition) is 7. The molecule has 1 aliphatic carbocycles. The molecule has 2 heterocycles. The molecular weight excluding hydrogens is 740 g/mol. The highest BCUT2D eigenvalue weighted by Crippen LogP contribution is 2.29. The summed E-state index contributed by atoms with van der Waals surface area (Å²) in [6, 6.07) is 17.8. The number of benzene rings is 2. The average molecular weight is 782 g/mol. The number of alkyl halides is 6. The lowest BCUT2D eigenvalue weighted by molar-refractivity contribution is -0.193. The Morgan fingerprint density at radius 3 is 1.98 bits per heavy atom. The number of amides is 1. The van der Waals surface area contributed by atoms with Gasteiger partial charge in [-0.25, -0.2) is 14.6 Å². The summed E-state index contributed by atoms with van der Waals surface area (Å²) in [5, 5.41) is 37.3. The first-order chi connectivity index (χ1) is 25.4. The summed E-state index contributed by atoms with van der Waals surface area (Å²) < 4.78 is 65.2. The Hall–Kier alpha value is -5.95. The number of nitrogens with one attached hydrogen (secondary N) is 4. The van der Waals surface area contributed by atoms with E-state index < -0.39 is 24.3 Å². The fourth-order valence-electron chi connectivity index (χ4n) is 5.27. The van der Waals surface area contributed by atoms with Crippen molar-refractivity contribution in [3.8, 4) is 0 Å². The van der Waals surface area contributed by atoms with Crippen molar-refractivity contribution in [3.05, 3.63) is 77.1 Å². The number of guanidine groups is 1. The molecule has 1 amide bonds. The lowest BCUT2D eigenvalue weighted by Gasteiger charge is -2.33. The molecule has 4 aromatic rings. The van der Waals surface area contributed by atoms with Gasteiger partial charge in [0.25, 0.3) is 5.91 Å². The molecule has 14 nitrogen and oxygen atoms in total. The smallest absolute Gasteiger partial charge is 0.475 e. The Balaban J connectivity index is 0.000000494. The van der Waals surface area contributed by atoms with Crippen molar-refractivity contribution in [1.82, 2.24) is 25.1 Å². The van der Waals surface area contributed by atoms with E-state index in [0.717, 1.165) is 53.4 Å². The molecule has 5 rings (SSSR count). The summed E-state index contributed by atoms with van der Waals surface area (Å²) in [6.07, 6.45) is -6.20. The molecule has 0 saturated heterocycles. The predicted molar refractivity (Wildman–Crippen MR) is 191 cm³/mol. The van der Waals surface area contributed by atoms with E-state index in [9.17, 15) is 31.1 Å². The number of aliphatic carboxylic acids is 2. The molecule has 0 radical (unpaired) electrons. The summed E-state index contributed by atoms with van der Waals surface area (Å²) in [5.74, 6) is -5.02. The minimum Gasteiger partial charge on any atom is -0.475 e. The van der Waals surface area contributed by atoms with Gasteiger partial charge in [0.15, 0.2) is 5.96 Å². The molecule has 0 aliphatic heterocycles. The van der Waals surface area contributed by atoms with Gasteiger partial charge in [0.1, 0.15) is 11.5 Å². The zero-order chi connectivity index (χ0) is 41.3. The lowest BCUT2D eigenvalue weighted by atomic mass is 9.90. The van der Waals surface area contributed by atoms with Crippen molar-refractivity contribution in [1.29, 1.82) is 5.41 Å². The zero-order valence-corrected chi connectivity index (χ0v) is 30.1. The topological polar surface area (TPSA) is 221 Å².